The zero-order valence-electron chi connectivity index (χ0n) is 19.5. The van der Waals surface area contributed by atoms with Crippen LogP contribution < -0.4 is 0 Å². The van der Waals surface area contributed by atoms with Crippen molar-refractivity contribution in [3.05, 3.63) is 70.7 Å². The molecule has 33 heavy (non-hydrogen) atoms. The predicted molar refractivity (Wildman–Crippen MR) is 150 cm³/mol. The summed E-state index contributed by atoms with van der Waals surface area (Å²) in [6, 6.07) is 17.2. The maximum atomic E-state index is 6.14. The standard InChI is InChI=1S/C24H31ClN6S2/c1-5-30(6-2)23(32)28-26-21(18-12-10-9-11-13-18)22(19-14-16-20(25)17-15-19)27-29-24(33)31(7-3)8-4/h9-17H,5-8H2,1-4H3,(H,28,32)(H,29,33)/b26-21+,27-22+. The number of thiol groups is 2. The Labute approximate surface area is 213 Å². The molecule has 0 spiro atoms. The highest BCUT2D eigenvalue weighted by Gasteiger charge is 2.16. The molecule has 0 aliphatic heterocycles. The van der Waals surface area contributed by atoms with E-state index in [2.05, 4.69) is 45.7 Å². The minimum Gasteiger partial charge on any atom is -0.351 e. The highest BCUT2D eigenvalue weighted by atomic mass is 35.5. The Bertz CT molecular complexity index is 995. The van der Waals surface area contributed by atoms with Gasteiger partial charge in [-0.3, -0.25) is 0 Å². The van der Waals surface area contributed by atoms with Crippen LogP contribution in [0.3, 0.4) is 0 Å². The maximum Gasteiger partial charge on any atom is 0.182 e. The number of hydrogen-bond acceptors (Lipinski definition) is 4. The topological polar surface area (TPSA) is 55.9 Å². The van der Waals surface area contributed by atoms with E-state index in [1.807, 2.05) is 92.1 Å². The summed E-state index contributed by atoms with van der Waals surface area (Å²) in [4.78, 5) is 4.02. The zero-order chi connectivity index (χ0) is 24.2. The fourth-order valence-corrected chi connectivity index (χ4v) is 3.80. The summed E-state index contributed by atoms with van der Waals surface area (Å²) in [6.45, 7) is 11.3. The van der Waals surface area contributed by atoms with Crippen LogP contribution in [-0.2, 0) is 0 Å². The summed E-state index contributed by atoms with van der Waals surface area (Å²) in [5.41, 5.74) is 2.79. The van der Waals surface area contributed by atoms with Gasteiger partial charge in [0.05, 0.1) is 0 Å². The first-order valence-corrected chi connectivity index (χ1v) is 12.2. The Kier molecular flexibility index (Phi) is 11.5. The molecule has 6 nitrogen and oxygen atoms in total. The van der Waals surface area contributed by atoms with Gasteiger partial charge in [0.1, 0.15) is 11.4 Å². The van der Waals surface area contributed by atoms with Crippen molar-refractivity contribution in [2.45, 2.75) is 27.7 Å². The van der Waals surface area contributed by atoms with E-state index in [9.17, 15) is 0 Å². The van der Waals surface area contributed by atoms with Crippen LogP contribution in [0.2, 0.25) is 5.02 Å². The summed E-state index contributed by atoms with van der Waals surface area (Å²) in [5, 5.41) is 19.7. The molecule has 0 N–H and O–H groups in total. The van der Waals surface area contributed by atoms with Gasteiger partial charge in [0.2, 0.25) is 0 Å². The Hall–Kier alpha value is -2.29. The highest BCUT2D eigenvalue weighted by Crippen LogP contribution is 2.15. The summed E-state index contributed by atoms with van der Waals surface area (Å²) in [6.07, 6.45) is 0. The van der Waals surface area contributed by atoms with E-state index in [1.165, 1.54) is 0 Å². The number of benzene rings is 2. The fourth-order valence-electron chi connectivity index (χ4n) is 3.02. The van der Waals surface area contributed by atoms with Gasteiger partial charge in [-0.2, -0.15) is 0 Å². The molecule has 0 bridgehead atoms. The molecule has 0 amide bonds. The molecule has 2 aromatic carbocycles. The Morgan fingerprint density at radius 3 is 1.42 bits per heavy atom. The number of hydrogen-bond donors (Lipinski definition) is 2. The van der Waals surface area contributed by atoms with Crippen molar-refractivity contribution in [2.75, 3.05) is 26.2 Å². The first kappa shape index (κ1) is 27.0. The third-order valence-electron chi connectivity index (χ3n) is 4.96. The van der Waals surface area contributed by atoms with Crippen molar-refractivity contribution >= 4 is 58.6 Å². The molecule has 0 fully saturated rings. The van der Waals surface area contributed by atoms with Gasteiger partial charge in [0.15, 0.2) is 10.3 Å². The van der Waals surface area contributed by atoms with Gasteiger partial charge >= 0.3 is 0 Å². The molecule has 0 radical (unpaired) electrons. The van der Waals surface area contributed by atoms with Crippen LogP contribution in [0, 0.1) is 0 Å². The number of halogens is 1. The first-order chi connectivity index (χ1) is 15.9. The summed E-state index contributed by atoms with van der Waals surface area (Å²) >= 11 is 15.2. The van der Waals surface area contributed by atoms with Gasteiger partial charge in [-0.05, 0) is 39.8 Å². The number of amidine groups is 2. The quantitative estimate of drug-likeness (QED) is 0.200. The minimum atomic E-state index is 0.528. The van der Waals surface area contributed by atoms with E-state index in [4.69, 9.17) is 11.6 Å². The molecule has 0 atom stereocenters. The van der Waals surface area contributed by atoms with E-state index < -0.39 is 0 Å². The van der Waals surface area contributed by atoms with Gasteiger partial charge in [-0.1, -0.05) is 54.1 Å². The van der Waals surface area contributed by atoms with Gasteiger partial charge in [-0.15, -0.1) is 45.7 Å². The SMILES string of the molecule is CCN(CC)/C(S)=N/N=C(/C(=N/N=C(\S)N(CC)CC)c1ccc(Cl)cc1)c1ccccc1. The molecule has 0 unspecified atom stereocenters. The van der Waals surface area contributed by atoms with Crippen LogP contribution in [0.4, 0.5) is 0 Å². The van der Waals surface area contributed by atoms with Crippen LogP contribution in [-0.4, -0.2) is 57.7 Å². The molecular weight excluding hydrogens is 472 g/mol. The largest absolute Gasteiger partial charge is 0.351 e. The lowest BCUT2D eigenvalue weighted by Crippen LogP contribution is -2.27. The first-order valence-electron chi connectivity index (χ1n) is 11.0. The Morgan fingerprint density at radius 2 is 1.03 bits per heavy atom. The molecule has 0 saturated carbocycles. The van der Waals surface area contributed by atoms with E-state index in [0.717, 1.165) is 37.3 Å². The van der Waals surface area contributed by atoms with Gasteiger partial charge < -0.3 is 9.80 Å². The van der Waals surface area contributed by atoms with Gasteiger partial charge in [0.25, 0.3) is 0 Å². The summed E-state index contributed by atoms with van der Waals surface area (Å²) in [5.74, 6) is 0. The molecule has 2 aromatic rings. The van der Waals surface area contributed by atoms with Crippen LogP contribution in [0.5, 0.6) is 0 Å². The minimum absolute atomic E-state index is 0.528. The van der Waals surface area contributed by atoms with Crippen LogP contribution in [0.15, 0.2) is 75.0 Å². The van der Waals surface area contributed by atoms with Crippen molar-refractivity contribution < 1.29 is 0 Å². The van der Waals surface area contributed by atoms with Gasteiger partial charge in [0, 0.05) is 42.3 Å². The predicted octanol–water partition coefficient (Wildman–Crippen LogP) is 5.70. The average molecular weight is 503 g/mol. The third kappa shape index (κ3) is 7.91. The number of rotatable bonds is 9. The number of nitrogens with zero attached hydrogens (tertiary/aromatic N) is 6. The Morgan fingerprint density at radius 1 is 0.636 bits per heavy atom. The second-order valence-corrected chi connectivity index (χ2v) is 8.15. The second kappa shape index (κ2) is 14.1. The highest BCUT2D eigenvalue weighted by molar-refractivity contribution is 7.97. The van der Waals surface area contributed by atoms with Gasteiger partial charge in [-0.25, -0.2) is 0 Å². The summed E-state index contributed by atoms with van der Waals surface area (Å²) < 4.78 is 0. The molecule has 176 valence electrons. The summed E-state index contributed by atoms with van der Waals surface area (Å²) in [7, 11) is 0. The van der Waals surface area contributed by atoms with Crippen LogP contribution >= 0.6 is 36.9 Å². The molecule has 0 aromatic heterocycles. The zero-order valence-corrected chi connectivity index (χ0v) is 22.0. The molecule has 0 heterocycles. The van der Waals surface area contributed by atoms with Crippen molar-refractivity contribution in [2.24, 2.45) is 20.4 Å². The van der Waals surface area contributed by atoms with E-state index in [1.54, 1.807) is 0 Å². The maximum absolute atomic E-state index is 6.14. The lowest BCUT2D eigenvalue weighted by atomic mass is 10.00. The average Bonchev–Trinajstić information content (AvgIpc) is 2.84. The second-order valence-electron chi connectivity index (χ2n) is 6.91. The van der Waals surface area contributed by atoms with Crippen LogP contribution in [0.25, 0.3) is 0 Å². The van der Waals surface area contributed by atoms with Crippen molar-refractivity contribution in [3.8, 4) is 0 Å². The Balaban J connectivity index is 2.70. The lowest BCUT2D eigenvalue weighted by molar-refractivity contribution is 0.473. The lowest BCUT2D eigenvalue weighted by Gasteiger charge is -2.18. The molecule has 0 aliphatic carbocycles. The van der Waals surface area contributed by atoms with Crippen molar-refractivity contribution in [1.29, 1.82) is 0 Å². The molecule has 9 heteroatoms. The molecule has 0 aliphatic rings. The van der Waals surface area contributed by atoms with Crippen molar-refractivity contribution in [3.63, 3.8) is 0 Å². The third-order valence-corrected chi connectivity index (χ3v) is 5.96. The van der Waals surface area contributed by atoms with E-state index in [-0.39, 0.29) is 0 Å². The van der Waals surface area contributed by atoms with E-state index >= 15 is 0 Å². The van der Waals surface area contributed by atoms with E-state index in [0.29, 0.717) is 26.8 Å². The van der Waals surface area contributed by atoms with Crippen LogP contribution in [0.1, 0.15) is 38.8 Å². The molecular formula is C24H31ClN6S2. The van der Waals surface area contributed by atoms with Crippen molar-refractivity contribution in [1.82, 2.24) is 9.80 Å². The molecule has 2 rings (SSSR count). The normalized spacial score (nSPS) is 13.3. The smallest absolute Gasteiger partial charge is 0.182 e. The molecule has 0 saturated heterocycles. The fraction of sp³-hybridized carbons (Fsp3) is 0.333. The monoisotopic (exact) mass is 502 g/mol.